The molecule has 1 aliphatic rings. The predicted octanol–water partition coefficient (Wildman–Crippen LogP) is 2.08. The fraction of sp³-hybridized carbons (Fsp3) is 0.579. The highest BCUT2D eigenvalue weighted by Gasteiger charge is 2.15. The Hall–Kier alpha value is -1.73. The van der Waals surface area contributed by atoms with Gasteiger partial charge in [0, 0.05) is 12.2 Å². The molecule has 0 aliphatic carbocycles. The number of ether oxygens (including phenoxy) is 1. The molecule has 0 unspecified atom stereocenters. The smallest absolute Gasteiger partial charge is 0.191 e. The van der Waals surface area contributed by atoms with E-state index in [0.717, 1.165) is 34.7 Å². The van der Waals surface area contributed by atoms with E-state index in [1.807, 2.05) is 36.0 Å². The van der Waals surface area contributed by atoms with Gasteiger partial charge in [-0.25, -0.2) is 0 Å². The van der Waals surface area contributed by atoms with Crippen LogP contribution in [0.15, 0.2) is 29.4 Å². The van der Waals surface area contributed by atoms with Crippen LogP contribution in [0.3, 0.4) is 0 Å². The Labute approximate surface area is 160 Å². The van der Waals surface area contributed by atoms with Crippen molar-refractivity contribution in [3.05, 3.63) is 30.1 Å². The van der Waals surface area contributed by atoms with Crippen molar-refractivity contribution >= 4 is 17.4 Å². The topological polar surface area (TPSA) is 56.4 Å². The Morgan fingerprint density at radius 1 is 1.15 bits per heavy atom. The minimum absolute atomic E-state index is 0.672. The fourth-order valence-electron chi connectivity index (χ4n) is 3.35. The van der Waals surface area contributed by atoms with E-state index in [1.165, 1.54) is 38.9 Å². The summed E-state index contributed by atoms with van der Waals surface area (Å²) in [5.74, 6) is 2.96. The molecule has 0 bridgehead atoms. The summed E-state index contributed by atoms with van der Waals surface area (Å²) >= 11 is 1.84. The van der Waals surface area contributed by atoms with Crippen LogP contribution in [-0.2, 0) is 13.1 Å². The maximum absolute atomic E-state index is 5.19. The predicted molar refractivity (Wildman–Crippen MR) is 106 cm³/mol. The summed E-state index contributed by atoms with van der Waals surface area (Å²) in [6.07, 6.45) is 4.17. The maximum atomic E-state index is 5.19. The molecule has 0 spiro atoms. The van der Waals surface area contributed by atoms with Crippen LogP contribution in [0.4, 0.5) is 5.69 Å². The molecule has 0 radical (unpaired) electrons. The number of nitrogens with one attached hydrogen (secondary N) is 2. The Kier molecular flexibility index (Phi) is 7.20. The zero-order chi connectivity index (χ0) is 18.2. The second-order valence-electron chi connectivity index (χ2n) is 6.63. The molecule has 142 valence electrons. The summed E-state index contributed by atoms with van der Waals surface area (Å²) in [5.41, 5.74) is 1.05. The molecule has 0 atom stereocenters. The Balaban J connectivity index is 1.51. The van der Waals surface area contributed by atoms with E-state index >= 15 is 0 Å². The van der Waals surface area contributed by atoms with E-state index < -0.39 is 0 Å². The van der Waals surface area contributed by atoms with Crippen LogP contribution >= 0.6 is 11.8 Å². The molecule has 1 aromatic heterocycles. The standard InChI is InChI=1S/C19H29N5OS/c1-3-24-18(15-20-16-7-9-17(25-2)10-8-16)21-22-19(24)26-14-13-23-11-5-4-6-12-23/h7-10,20H,3-6,11-15H2,1-2H3/p+1. The van der Waals surface area contributed by atoms with Crippen LogP contribution in [0, 0.1) is 0 Å². The summed E-state index contributed by atoms with van der Waals surface area (Å²) < 4.78 is 7.41. The monoisotopic (exact) mass is 376 g/mol. The molecule has 1 saturated heterocycles. The second-order valence-corrected chi connectivity index (χ2v) is 7.70. The molecular formula is C19H30N5OS+. The first kappa shape index (κ1) is 19.0. The third kappa shape index (κ3) is 5.14. The van der Waals surface area contributed by atoms with Gasteiger partial charge in [-0.15, -0.1) is 10.2 Å². The molecule has 2 N–H and O–H groups in total. The van der Waals surface area contributed by atoms with Gasteiger partial charge in [-0.2, -0.15) is 0 Å². The minimum atomic E-state index is 0.672. The molecule has 0 saturated carbocycles. The van der Waals surface area contributed by atoms with Gasteiger partial charge < -0.3 is 19.5 Å². The highest BCUT2D eigenvalue weighted by molar-refractivity contribution is 7.99. The van der Waals surface area contributed by atoms with Gasteiger partial charge in [0.15, 0.2) is 11.0 Å². The Morgan fingerprint density at radius 2 is 1.92 bits per heavy atom. The molecule has 3 rings (SSSR count). The number of aromatic nitrogens is 3. The number of quaternary nitrogens is 1. The SMILES string of the molecule is CCn1c(CNc2ccc(OC)cc2)nnc1SCC[NH+]1CCCCC1. The number of methoxy groups -OCH3 is 1. The molecule has 26 heavy (non-hydrogen) atoms. The molecule has 1 fully saturated rings. The van der Waals surface area contributed by atoms with Crippen molar-refractivity contribution in [3.63, 3.8) is 0 Å². The molecular weight excluding hydrogens is 346 g/mol. The first-order valence-electron chi connectivity index (χ1n) is 9.56. The van der Waals surface area contributed by atoms with E-state index in [0.29, 0.717) is 6.54 Å². The maximum Gasteiger partial charge on any atom is 0.191 e. The van der Waals surface area contributed by atoms with Crippen LogP contribution in [0.5, 0.6) is 5.75 Å². The van der Waals surface area contributed by atoms with Gasteiger partial charge in [0.25, 0.3) is 0 Å². The number of likely N-dealkylation sites (tertiary alicyclic amines) is 1. The lowest BCUT2D eigenvalue weighted by Gasteiger charge is -2.23. The van der Waals surface area contributed by atoms with Gasteiger partial charge in [0.1, 0.15) is 5.75 Å². The average molecular weight is 377 g/mol. The average Bonchev–Trinajstić information content (AvgIpc) is 3.09. The van der Waals surface area contributed by atoms with Crippen molar-refractivity contribution in [2.24, 2.45) is 0 Å². The lowest BCUT2D eigenvalue weighted by atomic mass is 10.1. The minimum Gasteiger partial charge on any atom is -0.497 e. The Bertz CT molecular complexity index is 667. The molecule has 2 heterocycles. The first-order valence-corrected chi connectivity index (χ1v) is 10.5. The van der Waals surface area contributed by atoms with E-state index in [9.17, 15) is 0 Å². The third-order valence-corrected chi connectivity index (χ3v) is 5.87. The van der Waals surface area contributed by atoms with Gasteiger partial charge in [-0.3, -0.25) is 0 Å². The van der Waals surface area contributed by atoms with Gasteiger partial charge >= 0.3 is 0 Å². The largest absolute Gasteiger partial charge is 0.497 e. The normalized spacial score (nSPS) is 15.2. The number of anilines is 1. The summed E-state index contributed by atoms with van der Waals surface area (Å²) in [6, 6.07) is 7.94. The summed E-state index contributed by atoms with van der Waals surface area (Å²) in [4.78, 5) is 1.74. The van der Waals surface area contributed by atoms with Crippen molar-refractivity contribution in [2.45, 2.75) is 44.4 Å². The number of thioether (sulfide) groups is 1. The third-order valence-electron chi connectivity index (χ3n) is 4.90. The fourth-order valence-corrected chi connectivity index (χ4v) is 4.41. The number of hydrogen-bond donors (Lipinski definition) is 2. The highest BCUT2D eigenvalue weighted by Crippen LogP contribution is 2.18. The van der Waals surface area contributed by atoms with Crippen LogP contribution in [0.2, 0.25) is 0 Å². The number of nitrogens with zero attached hydrogens (tertiary/aromatic N) is 3. The number of benzene rings is 1. The van der Waals surface area contributed by atoms with Gasteiger partial charge in [-0.1, -0.05) is 11.8 Å². The molecule has 7 heteroatoms. The van der Waals surface area contributed by atoms with Crippen LogP contribution in [0.1, 0.15) is 32.0 Å². The van der Waals surface area contributed by atoms with Crippen molar-refractivity contribution in [3.8, 4) is 5.75 Å². The summed E-state index contributed by atoms with van der Waals surface area (Å²) in [6.45, 7) is 7.60. The van der Waals surface area contributed by atoms with Crippen LogP contribution in [-0.4, -0.2) is 47.3 Å². The van der Waals surface area contributed by atoms with E-state index in [4.69, 9.17) is 4.74 Å². The quantitative estimate of drug-likeness (QED) is 0.656. The lowest BCUT2D eigenvalue weighted by molar-refractivity contribution is -0.902. The second kappa shape index (κ2) is 9.83. The van der Waals surface area contributed by atoms with Crippen molar-refractivity contribution in [1.82, 2.24) is 14.8 Å². The number of piperidine rings is 1. The van der Waals surface area contributed by atoms with E-state index in [-0.39, 0.29) is 0 Å². The lowest BCUT2D eigenvalue weighted by Crippen LogP contribution is -3.13. The summed E-state index contributed by atoms with van der Waals surface area (Å²) in [5, 5.41) is 13.3. The van der Waals surface area contributed by atoms with Crippen molar-refractivity contribution in [2.75, 3.05) is 37.8 Å². The van der Waals surface area contributed by atoms with Gasteiger partial charge in [0.05, 0.1) is 39.0 Å². The molecule has 1 aliphatic heterocycles. The van der Waals surface area contributed by atoms with E-state index in [1.54, 1.807) is 12.0 Å². The molecule has 1 aromatic carbocycles. The number of rotatable bonds is 9. The highest BCUT2D eigenvalue weighted by atomic mass is 32.2. The Morgan fingerprint density at radius 3 is 2.62 bits per heavy atom. The zero-order valence-corrected chi connectivity index (χ0v) is 16.6. The molecule has 6 nitrogen and oxygen atoms in total. The van der Waals surface area contributed by atoms with Crippen molar-refractivity contribution in [1.29, 1.82) is 0 Å². The van der Waals surface area contributed by atoms with E-state index in [2.05, 4.69) is 27.0 Å². The van der Waals surface area contributed by atoms with Crippen LogP contribution in [0.25, 0.3) is 0 Å². The first-order chi connectivity index (χ1) is 12.8. The number of hydrogen-bond acceptors (Lipinski definition) is 5. The van der Waals surface area contributed by atoms with Crippen LogP contribution < -0.4 is 15.0 Å². The summed E-state index contributed by atoms with van der Waals surface area (Å²) in [7, 11) is 1.68. The molecule has 2 aromatic rings. The van der Waals surface area contributed by atoms with Gasteiger partial charge in [-0.05, 0) is 50.5 Å². The van der Waals surface area contributed by atoms with Gasteiger partial charge in [0.2, 0.25) is 0 Å². The molecule has 0 amide bonds. The zero-order valence-electron chi connectivity index (χ0n) is 15.8. The van der Waals surface area contributed by atoms with Crippen molar-refractivity contribution < 1.29 is 9.64 Å².